The van der Waals surface area contributed by atoms with Gasteiger partial charge in [-0.05, 0) is 44.8 Å². The first kappa shape index (κ1) is 12.6. The van der Waals surface area contributed by atoms with Crippen LogP contribution in [-0.2, 0) is 6.42 Å². The van der Waals surface area contributed by atoms with Crippen LogP contribution < -0.4 is 5.32 Å². The summed E-state index contributed by atoms with van der Waals surface area (Å²) in [5.74, 6) is 0. The van der Waals surface area contributed by atoms with Crippen LogP contribution in [0.25, 0.3) is 0 Å². The molecule has 3 nitrogen and oxygen atoms in total. The maximum Gasteiger partial charge on any atom is 0.0625 e. The second kappa shape index (κ2) is 6.80. The summed E-state index contributed by atoms with van der Waals surface area (Å²) in [4.78, 5) is 0. The Kier molecular flexibility index (Phi) is 5.05. The van der Waals surface area contributed by atoms with E-state index in [1.165, 1.54) is 44.2 Å². The Bertz CT molecular complexity index is 313. The van der Waals surface area contributed by atoms with Gasteiger partial charge in [-0.1, -0.05) is 26.2 Å². The van der Waals surface area contributed by atoms with E-state index in [0.717, 1.165) is 19.5 Å². The molecule has 1 aliphatic carbocycles. The van der Waals surface area contributed by atoms with E-state index in [-0.39, 0.29) is 0 Å². The molecule has 1 aromatic rings. The van der Waals surface area contributed by atoms with E-state index in [9.17, 15) is 0 Å². The molecule has 0 saturated heterocycles. The Morgan fingerprint density at radius 3 is 2.94 bits per heavy atom. The molecule has 0 aromatic carbocycles. The van der Waals surface area contributed by atoms with Gasteiger partial charge in [0.2, 0.25) is 0 Å². The first-order valence-corrected chi connectivity index (χ1v) is 7.15. The lowest BCUT2D eigenvalue weighted by Gasteiger charge is -2.21. The smallest absolute Gasteiger partial charge is 0.0625 e. The van der Waals surface area contributed by atoms with Gasteiger partial charge in [-0.2, -0.15) is 5.10 Å². The lowest BCUT2D eigenvalue weighted by molar-refractivity contribution is 0.328. The molecule has 0 radical (unpaired) electrons. The average molecular weight is 235 g/mol. The monoisotopic (exact) mass is 235 g/mol. The number of nitrogens with zero attached hydrogens (tertiary/aromatic N) is 2. The Hall–Kier alpha value is -0.830. The lowest BCUT2D eigenvalue weighted by atomic mass is 9.96. The third kappa shape index (κ3) is 3.84. The van der Waals surface area contributed by atoms with Crippen LogP contribution in [0.5, 0.6) is 0 Å². The molecule has 2 rings (SSSR count). The van der Waals surface area contributed by atoms with Gasteiger partial charge in [0, 0.05) is 6.20 Å². The molecule has 0 bridgehead atoms. The maximum absolute atomic E-state index is 4.72. The van der Waals surface area contributed by atoms with Crippen molar-refractivity contribution in [2.45, 2.75) is 57.9 Å². The van der Waals surface area contributed by atoms with Crippen molar-refractivity contribution in [2.75, 3.05) is 13.1 Å². The Balaban J connectivity index is 1.78. The maximum atomic E-state index is 4.72. The van der Waals surface area contributed by atoms with Crippen molar-refractivity contribution in [3.05, 3.63) is 18.0 Å². The van der Waals surface area contributed by atoms with Gasteiger partial charge >= 0.3 is 0 Å². The molecule has 96 valence electrons. The van der Waals surface area contributed by atoms with Crippen LogP contribution in [0.15, 0.2) is 12.3 Å². The molecule has 1 aliphatic rings. The summed E-state index contributed by atoms with van der Waals surface area (Å²) >= 11 is 0. The van der Waals surface area contributed by atoms with Crippen molar-refractivity contribution in [1.82, 2.24) is 15.1 Å². The molecule has 1 fully saturated rings. The van der Waals surface area contributed by atoms with Crippen molar-refractivity contribution in [2.24, 2.45) is 0 Å². The minimum atomic E-state index is 0.672. The molecule has 1 aromatic heterocycles. The number of hydrogen-bond donors (Lipinski definition) is 1. The predicted octanol–water partition coefficient (Wildman–Crippen LogP) is 2.93. The van der Waals surface area contributed by atoms with Gasteiger partial charge in [-0.3, -0.25) is 4.68 Å². The molecule has 1 heterocycles. The first-order chi connectivity index (χ1) is 8.40. The lowest BCUT2D eigenvalue weighted by Crippen LogP contribution is -2.15. The van der Waals surface area contributed by atoms with Crippen LogP contribution in [0.4, 0.5) is 0 Å². The molecule has 1 saturated carbocycles. The van der Waals surface area contributed by atoms with Gasteiger partial charge < -0.3 is 5.32 Å². The van der Waals surface area contributed by atoms with Crippen LogP contribution in [0.2, 0.25) is 0 Å². The van der Waals surface area contributed by atoms with Crippen molar-refractivity contribution in [1.29, 1.82) is 0 Å². The van der Waals surface area contributed by atoms with Crippen LogP contribution in [0, 0.1) is 0 Å². The average Bonchev–Trinajstić information content (AvgIpc) is 2.85. The SMILES string of the molecule is CCNCCCc1ccn(C2CCCCC2)n1. The molecule has 0 atom stereocenters. The highest BCUT2D eigenvalue weighted by Gasteiger charge is 2.15. The summed E-state index contributed by atoms with van der Waals surface area (Å²) in [5.41, 5.74) is 1.26. The number of nitrogens with one attached hydrogen (secondary N) is 1. The minimum Gasteiger partial charge on any atom is -0.317 e. The zero-order valence-electron chi connectivity index (χ0n) is 11.0. The van der Waals surface area contributed by atoms with Gasteiger partial charge in [0.25, 0.3) is 0 Å². The summed E-state index contributed by atoms with van der Waals surface area (Å²) in [6, 6.07) is 2.87. The summed E-state index contributed by atoms with van der Waals surface area (Å²) in [5, 5.41) is 8.07. The van der Waals surface area contributed by atoms with Gasteiger partial charge in [0.15, 0.2) is 0 Å². The molecule has 0 aliphatic heterocycles. The Morgan fingerprint density at radius 2 is 2.18 bits per heavy atom. The van der Waals surface area contributed by atoms with Crippen LogP contribution in [0.1, 0.15) is 57.2 Å². The number of rotatable bonds is 6. The van der Waals surface area contributed by atoms with Gasteiger partial charge in [0.05, 0.1) is 11.7 Å². The van der Waals surface area contributed by atoms with Crippen molar-refractivity contribution in [3.8, 4) is 0 Å². The van der Waals surface area contributed by atoms with Crippen molar-refractivity contribution in [3.63, 3.8) is 0 Å². The second-order valence-electron chi connectivity index (χ2n) is 5.04. The van der Waals surface area contributed by atoms with E-state index >= 15 is 0 Å². The zero-order valence-corrected chi connectivity index (χ0v) is 11.0. The minimum absolute atomic E-state index is 0.672. The predicted molar refractivity (Wildman–Crippen MR) is 71.2 cm³/mol. The summed E-state index contributed by atoms with van der Waals surface area (Å²) in [7, 11) is 0. The van der Waals surface area contributed by atoms with E-state index in [0.29, 0.717) is 6.04 Å². The molecule has 0 spiro atoms. The number of hydrogen-bond acceptors (Lipinski definition) is 2. The highest BCUT2D eigenvalue weighted by Crippen LogP contribution is 2.27. The fourth-order valence-corrected chi connectivity index (χ4v) is 2.63. The van der Waals surface area contributed by atoms with Crippen LogP contribution in [0.3, 0.4) is 0 Å². The standard InChI is InChI=1S/C14H25N3/c1-2-15-11-6-7-13-10-12-17(16-13)14-8-4-3-5-9-14/h10,12,14-15H,2-9,11H2,1H3. The normalized spacial score (nSPS) is 17.5. The van der Waals surface area contributed by atoms with Gasteiger partial charge in [0.1, 0.15) is 0 Å². The third-order valence-electron chi connectivity index (χ3n) is 3.65. The topological polar surface area (TPSA) is 29.9 Å². The van der Waals surface area contributed by atoms with Crippen molar-refractivity contribution >= 4 is 0 Å². The van der Waals surface area contributed by atoms with Gasteiger partial charge in [-0.15, -0.1) is 0 Å². The largest absolute Gasteiger partial charge is 0.317 e. The van der Waals surface area contributed by atoms with Crippen molar-refractivity contribution < 1.29 is 0 Å². The van der Waals surface area contributed by atoms with Crippen LogP contribution >= 0.6 is 0 Å². The Labute approximate surface area is 105 Å². The molecule has 17 heavy (non-hydrogen) atoms. The number of aromatic nitrogens is 2. The molecule has 1 N–H and O–H groups in total. The highest BCUT2D eigenvalue weighted by atomic mass is 15.3. The van der Waals surface area contributed by atoms with E-state index in [4.69, 9.17) is 5.10 Å². The quantitative estimate of drug-likeness (QED) is 0.768. The summed E-state index contributed by atoms with van der Waals surface area (Å²) in [6.45, 7) is 4.32. The summed E-state index contributed by atoms with van der Waals surface area (Å²) < 4.78 is 2.21. The van der Waals surface area contributed by atoms with E-state index < -0.39 is 0 Å². The van der Waals surface area contributed by atoms with Gasteiger partial charge in [-0.25, -0.2) is 0 Å². The van der Waals surface area contributed by atoms with E-state index in [1.54, 1.807) is 0 Å². The fraction of sp³-hybridized carbons (Fsp3) is 0.786. The zero-order chi connectivity index (χ0) is 11.9. The van der Waals surface area contributed by atoms with E-state index in [1.807, 2.05) is 0 Å². The molecule has 3 heteroatoms. The molecule has 0 amide bonds. The first-order valence-electron chi connectivity index (χ1n) is 7.15. The highest BCUT2D eigenvalue weighted by molar-refractivity contribution is 5.00. The third-order valence-corrected chi connectivity index (χ3v) is 3.65. The number of aryl methyl sites for hydroxylation is 1. The second-order valence-corrected chi connectivity index (χ2v) is 5.04. The summed E-state index contributed by atoms with van der Waals surface area (Å²) in [6.07, 6.45) is 11.3. The Morgan fingerprint density at radius 1 is 1.35 bits per heavy atom. The molecular formula is C14H25N3. The molecule has 0 unspecified atom stereocenters. The molecular weight excluding hydrogens is 210 g/mol. The van der Waals surface area contributed by atoms with Crippen LogP contribution in [-0.4, -0.2) is 22.9 Å². The van der Waals surface area contributed by atoms with E-state index in [2.05, 4.69) is 29.2 Å². The fourth-order valence-electron chi connectivity index (χ4n) is 2.63.